The smallest absolute Gasteiger partial charge is 0.222 e. The summed E-state index contributed by atoms with van der Waals surface area (Å²) in [6, 6.07) is 3.71. The van der Waals surface area contributed by atoms with Crippen LogP contribution >= 0.6 is 0 Å². The molecule has 0 saturated carbocycles. The summed E-state index contributed by atoms with van der Waals surface area (Å²) in [5, 5.41) is 7.64. The molecule has 0 atom stereocenters. The highest BCUT2D eigenvalue weighted by Gasteiger charge is 2.24. The SMILES string of the molecule is Cc1cc(NCc2cc3n(n2)CCN(S(C)(=O)=O)C3)nc(N)n1. The maximum atomic E-state index is 11.6. The molecule has 0 radical (unpaired) electrons. The summed E-state index contributed by atoms with van der Waals surface area (Å²) in [5.74, 6) is 0.860. The van der Waals surface area contributed by atoms with Gasteiger partial charge in [0.2, 0.25) is 16.0 Å². The zero-order valence-electron chi connectivity index (χ0n) is 13.0. The van der Waals surface area contributed by atoms with Crippen LogP contribution in [0.1, 0.15) is 17.1 Å². The highest BCUT2D eigenvalue weighted by molar-refractivity contribution is 7.88. The second-order valence-electron chi connectivity index (χ2n) is 5.55. The number of nitrogens with two attached hydrogens (primary N) is 1. The van der Waals surface area contributed by atoms with Crippen molar-refractivity contribution in [2.45, 2.75) is 26.6 Å². The van der Waals surface area contributed by atoms with Gasteiger partial charge in [0.1, 0.15) is 5.82 Å². The Kier molecular flexibility index (Phi) is 3.94. The number of nitrogen functional groups attached to an aromatic ring is 1. The molecule has 2 aromatic rings. The Bertz CT molecular complexity index is 811. The van der Waals surface area contributed by atoms with Crippen LogP contribution in [-0.2, 0) is 29.7 Å². The number of nitrogens with one attached hydrogen (secondary N) is 1. The van der Waals surface area contributed by atoms with Gasteiger partial charge in [-0.3, -0.25) is 4.68 Å². The number of hydrogen-bond donors (Lipinski definition) is 2. The first-order chi connectivity index (χ1) is 10.8. The van der Waals surface area contributed by atoms with Crippen LogP contribution in [0.4, 0.5) is 11.8 Å². The molecule has 0 amide bonds. The molecule has 124 valence electrons. The molecule has 0 fully saturated rings. The van der Waals surface area contributed by atoms with Gasteiger partial charge in [0, 0.05) is 18.3 Å². The molecule has 0 aromatic carbocycles. The fraction of sp³-hybridized carbons (Fsp3) is 0.462. The van der Waals surface area contributed by atoms with E-state index in [0.717, 1.165) is 17.1 Å². The molecule has 3 rings (SSSR count). The molecule has 23 heavy (non-hydrogen) atoms. The Balaban J connectivity index is 1.70. The van der Waals surface area contributed by atoms with E-state index in [1.54, 1.807) is 6.07 Å². The van der Waals surface area contributed by atoms with Crippen molar-refractivity contribution in [1.29, 1.82) is 0 Å². The number of sulfonamides is 1. The number of rotatable bonds is 4. The van der Waals surface area contributed by atoms with Gasteiger partial charge in [-0.2, -0.15) is 14.4 Å². The van der Waals surface area contributed by atoms with Crippen molar-refractivity contribution in [3.63, 3.8) is 0 Å². The molecule has 3 N–H and O–H groups in total. The highest BCUT2D eigenvalue weighted by Crippen LogP contribution is 2.17. The topological polar surface area (TPSA) is 119 Å². The zero-order chi connectivity index (χ0) is 16.6. The van der Waals surface area contributed by atoms with Gasteiger partial charge in [0.15, 0.2) is 0 Å². The summed E-state index contributed by atoms with van der Waals surface area (Å²) in [6.45, 7) is 3.68. The molecule has 0 unspecified atom stereocenters. The van der Waals surface area contributed by atoms with Gasteiger partial charge in [-0.05, 0) is 13.0 Å². The molecule has 0 bridgehead atoms. The van der Waals surface area contributed by atoms with Crippen molar-refractivity contribution in [3.8, 4) is 0 Å². The third kappa shape index (κ3) is 3.59. The van der Waals surface area contributed by atoms with E-state index < -0.39 is 10.0 Å². The third-order valence-corrected chi connectivity index (χ3v) is 4.85. The molecule has 1 aliphatic rings. The van der Waals surface area contributed by atoms with Gasteiger partial charge in [-0.15, -0.1) is 0 Å². The van der Waals surface area contributed by atoms with Crippen molar-refractivity contribution in [2.24, 2.45) is 0 Å². The number of anilines is 2. The van der Waals surface area contributed by atoms with Gasteiger partial charge >= 0.3 is 0 Å². The lowest BCUT2D eigenvalue weighted by Gasteiger charge is -2.25. The van der Waals surface area contributed by atoms with Crippen LogP contribution in [0.2, 0.25) is 0 Å². The normalized spacial score (nSPS) is 15.4. The minimum absolute atomic E-state index is 0.223. The minimum Gasteiger partial charge on any atom is -0.368 e. The molecule has 1 aliphatic heterocycles. The first-order valence-corrected chi connectivity index (χ1v) is 9.02. The van der Waals surface area contributed by atoms with Gasteiger partial charge in [0.05, 0.1) is 37.3 Å². The van der Waals surface area contributed by atoms with Crippen LogP contribution in [0, 0.1) is 6.92 Å². The monoisotopic (exact) mass is 337 g/mol. The molecule has 0 saturated heterocycles. The number of aromatic nitrogens is 4. The van der Waals surface area contributed by atoms with Gasteiger partial charge in [0.25, 0.3) is 0 Å². The largest absolute Gasteiger partial charge is 0.368 e. The Morgan fingerprint density at radius 3 is 2.78 bits per heavy atom. The number of fused-ring (bicyclic) bond motifs is 1. The van der Waals surface area contributed by atoms with Crippen molar-refractivity contribution < 1.29 is 8.42 Å². The van der Waals surface area contributed by atoms with Gasteiger partial charge in [-0.1, -0.05) is 0 Å². The third-order valence-electron chi connectivity index (χ3n) is 3.60. The van der Waals surface area contributed by atoms with E-state index in [1.807, 2.05) is 17.7 Å². The molecular weight excluding hydrogens is 318 g/mol. The van der Waals surface area contributed by atoms with E-state index in [1.165, 1.54) is 10.6 Å². The molecule has 10 heteroatoms. The van der Waals surface area contributed by atoms with E-state index in [9.17, 15) is 8.42 Å². The molecule has 0 aliphatic carbocycles. The van der Waals surface area contributed by atoms with Crippen molar-refractivity contribution in [3.05, 3.63) is 29.2 Å². The Morgan fingerprint density at radius 1 is 1.30 bits per heavy atom. The minimum atomic E-state index is -3.18. The predicted molar refractivity (Wildman–Crippen MR) is 86.0 cm³/mol. The lowest BCUT2D eigenvalue weighted by molar-refractivity contribution is 0.328. The van der Waals surface area contributed by atoms with Crippen molar-refractivity contribution in [2.75, 3.05) is 23.9 Å². The fourth-order valence-electron chi connectivity index (χ4n) is 2.53. The standard InChI is InChI=1S/C13H19N7O2S/c1-9-5-12(17-13(14)16-9)15-7-10-6-11-8-19(23(2,21)22)3-4-20(11)18-10/h5-6H,3-4,7-8H2,1-2H3,(H3,14,15,16,17). The van der Waals surface area contributed by atoms with Crippen molar-refractivity contribution >= 4 is 21.8 Å². The summed E-state index contributed by atoms with van der Waals surface area (Å²) >= 11 is 0. The maximum Gasteiger partial charge on any atom is 0.222 e. The van der Waals surface area contributed by atoms with E-state index in [0.29, 0.717) is 32.0 Å². The second kappa shape index (κ2) is 5.78. The van der Waals surface area contributed by atoms with E-state index in [2.05, 4.69) is 20.4 Å². The van der Waals surface area contributed by atoms with Gasteiger partial charge < -0.3 is 11.1 Å². The summed E-state index contributed by atoms with van der Waals surface area (Å²) in [5.41, 5.74) is 8.11. The van der Waals surface area contributed by atoms with Crippen LogP contribution in [0.3, 0.4) is 0 Å². The summed E-state index contributed by atoms with van der Waals surface area (Å²) in [4.78, 5) is 8.13. The van der Waals surface area contributed by atoms with Crippen molar-refractivity contribution in [1.82, 2.24) is 24.1 Å². The number of hydrogen-bond acceptors (Lipinski definition) is 7. The summed E-state index contributed by atoms with van der Waals surface area (Å²) in [7, 11) is -3.18. The average Bonchev–Trinajstić information content (AvgIpc) is 2.85. The van der Waals surface area contributed by atoms with Gasteiger partial charge in [-0.25, -0.2) is 13.4 Å². The van der Waals surface area contributed by atoms with E-state index in [4.69, 9.17) is 5.73 Å². The lowest BCUT2D eigenvalue weighted by atomic mass is 10.3. The lowest BCUT2D eigenvalue weighted by Crippen LogP contribution is -2.37. The molecule has 2 aromatic heterocycles. The Labute approximate surface area is 134 Å². The molecular formula is C13H19N7O2S. The first-order valence-electron chi connectivity index (χ1n) is 7.17. The summed E-state index contributed by atoms with van der Waals surface area (Å²) in [6.07, 6.45) is 1.23. The molecule has 9 nitrogen and oxygen atoms in total. The maximum absolute atomic E-state index is 11.6. The number of nitrogens with zero attached hydrogens (tertiary/aromatic N) is 5. The number of aryl methyl sites for hydroxylation is 1. The molecule has 0 spiro atoms. The highest BCUT2D eigenvalue weighted by atomic mass is 32.2. The van der Waals surface area contributed by atoms with E-state index in [-0.39, 0.29) is 5.95 Å². The van der Waals surface area contributed by atoms with Crippen LogP contribution in [0.25, 0.3) is 0 Å². The zero-order valence-corrected chi connectivity index (χ0v) is 13.8. The first kappa shape index (κ1) is 15.7. The van der Waals surface area contributed by atoms with Crippen LogP contribution in [-0.4, -0.2) is 45.3 Å². The Morgan fingerprint density at radius 2 is 2.09 bits per heavy atom. The van der Waals surface area contributed by atoms with E-state index >= 15 is 0 Å². The molecule has 3 heterocycles. The van der Waals surface area contributed by atoms with Crippen LogP contribution in [0.15, 0.2) is 12.1 Å². The second-order valence-corrected chi connectivity index (χ2v) is 7.54. The van der Waals surface area contributed by atoms with Crippen LogP contribution < -0.4 is 11.1 Å². The Hall–Kier alpha value is -2.20. The fourth-order valence-corrected chi connectivity index (χ4v) is 3.31. The average molecular weight is 337 g/mol. The predicted octanol–water partition coefficient (Wildman–Crippen LogP) is -0.0490. The summed E-state index contributed by atoms with van der Waals surface area (Å²) < 4.78 is 26.6. The van der Waals surface area contributed by atoms with Crippen LogP contribution in [0.5, 0.6) is 0 Å². The quantitative estimate of drug-likeness (QED) is 0.803.